The Morgan fingerprint density at radius 1 is 1.19 bits per heavy atom. The van der Waals surface area contributed by atoms with Gasteiger partial charge in [0.05, 0.1) is 5.56 Å². The Hall–Kier alpha value is -2.69. The van der Waals surface area contributed by atoms with Crippen LogP contribution in [0, 0.1) is 6.92 Å². The Labute approximate surface area is 121 Å². The topological polar surface area (TPSA) is 65.0 Å². The van der Waals surface area contributed by atoms with Crippen molar-refractivity contribution in [3.8, 4) is 17.2 Å². The van der Waals surface area contributed by atoms with E-state index in [0.717, 1.165) is 16.9 Å². The van der Waals surface area contributed by atoms with Crippen LogP contribution in [-0.4, -0.2) is 17.9 Å². The molecular weight excluding hydrogens is 272 g/mol. The molecule has 0 fully saturated rings. The molecule has 0 radical (unpaired) electrons. The highest BCUT2D eigenvalue weighted by Gasteiger charge is 2.13. The zero-order valence-electron chi connectivity index (χ0n) is 11.5. The van der Waals surface area contributed by atoms with Gasteiger partial charge in [0.2, 0.25) is 6.79 Å². The first kappa shape index (κ1) is 13.3. The molecule has 2 aromatic carbocycles. The summed E-state index contributed by atoms with van der Waals surface area (Å²) in [5.41, 5.74) is 2.03. The number of ether oxygens (including phenoxy) is 3. The van der Waals surface area contributed by atoms with Gasteiger partial charge in [-0.25, -0.2) is 4.79 Å². The maximum absolute atomic E-state index is 11.0. The van der Waals surface area contributed by atoms with Gasteiger partial charge in [-0.05, 0) is 42.3 Å². The second-order valence-electron chi connectivity index (χ2n) is 4.76. The van der Waals surface area contributed by atoms with E-state index in [1.807, 2.05) is 25.1 Å². The van der Waals surface area contributed by atoms with Gasteiger partial charge in [-0.2, -0.15) is 0 Å². The summed E-state index contributed by atoms with van der Waals surface area (Å²) in [4.78, 5) is 11.0. The lowest BCUT2D eigenvalue weighted by molar-refractivity contribution is 0.0696. The van der Waals surface area contributed by atoms with Crippen LogP contribution in [0.15, 0.2) is 36.4 Å². The third kappa shape index (κ3) is 2.76. The third-order valence-electron chi connectivity index (χ3n) is 3.27. The summed E-state index contributed by atoms with van der Waals surface area (Å²) in [7, 11) is 0. The van der Waals surface area contributed by atoms with Crippen molar-refractivity contribution in [2.24, 2.45) is 0 Å². The highest BCUT2D eigenvalue weighted by Crippen LogP contribution is 2.33. The van der Waals surface area contributed by atoms with E-state index in [-0.39, 0.29) is 12.4 Å². The molecule has 1 heterocycles. The van der Waals surface area contributed by atoms with Crippen molar-refractivity contribution >= 4 is 5.97 Å². The van der Waals surface area contributed by atoms with Gasteiger partial charge in [0.15, 0.2) is 11.5 Å². The molecule has 0 bridgehead atoms. The van der Waals surface area contributed by atoms with Gasteiger partial charge in [0.1, 0.15) is 12.4 Å². The Morgan fingerprint density at radius 3 is 2.81 bits per heavy atom. The number of rotatable bonds is 4. The first-order valence-electron chi connectivity index (χ1n) is 6.49. The van der Waals surface area contributed by atoms with Crippen molar-refractivity contribution in [2.75, 3.05) is 6.79 Å². The maximum Gasteiger partial charge on any atom is 0.335 e. The second kappa shape index (κ2) is 5.36. The lowest BCUT2D eigenvalue weighted by Crippen LogP contribution is -2.01. The molecule has 5 nitrogen and oxygen atoms in total. The van der Waals surface area contributed by atoms with Crippen molar-refractivity contribution in [3.05, 3.63) is 53.1 Å². The molecule has 0 saturated carbocycles. The van der Waals surface area contributed by atoms with Crippen molar-refractivity contribution in [1.82, 2.24) is 0 Å². The molecule has 3 rings (SSSR count). The number of aryl methyl sites for hydroxylation is 1. The number of benzene rings is 2. The molecule has 2 aromatic rings. The number of carboxylic acid groups (broad SMARTS) is 1. The summed E-state index contributed by atoms with van der Waals surface area (Å²) in [6.45, 7) is 2.45. The predicted molar refractivity (Wildman–Crippen MR) is 75.0 cm³/mol. The highest BCUT2D eigenvalue weighted by molar-refractivity contribution is 5.88. The molecule has 0 atom stereocenters. The van der Waals surface area contributed by atoms with Crippen LogP contribution >= 0.6 is 0 Å². The quantitative estimate of drug-likeness (QED) is 0.936. The van der Waals surface area contributed by atoms with Gasteiger partial charge in [-0.3, -0.25) is 0 Å². The molecule has 1 aliphatic rings. The largest absolute Gasteiger partial charge is 0.489 e. The van der Waals surface area contributed by atoms with Gasteiger partial charge >= 0.3 is 5.97 Å². The summed E-state index contributed by atoms with van der Waals surface area (Å²) in [6.07, 6.45) is 0. The smallest absolute Gasteiger partial charge is 0.335 e. The van der Waals surface area contributed by atoms with Crippen LogP contribution in [0.1, 0.15) is 21.5 Å². The van der Waals surface area contributed by atoms with E-state index in [9.17, 15) is 4.79 Å². The molecule has 0 unspecified atom stereocenters. The van der Waals surface area contributed by atoms with E-state index in [1.165, 1.54) is 6.07 Å². The first-order valence-corrected chi connectivity index (χ1v) is 6.49. The lowest BCUT2D eigenvalue weighted by Gasteiger charge is -2.10. The Bertz CT molecular complexity index is 693. The van der Waals surface area contributed by atoms with E-state index >= 15 is 0 Å². The summed E-state index contributed by atoms with van der Waals surface area (Å²) < 4.78 is 16.3. The fourth-order valence-corrected chi connectivity index (χ4v) is 2.08. The molecule has 1 aliphatic heterocycles. The van der Waals surface area contributed by atoms with E-state index in [4.69, 9.17) is 19.3 Å². The molecular formula is C16H14O5. The summed E-state index contributed by atoms with van der Waals surface area (Å²) in [5, 5.41) is 9.01. The first-order chi connectivity index (χ1) is 10.1. The van der Waals surface area contributed by atoms with Crippen molar-refractivity contribution < 1.29 is 24.1 Å². The number of fused-ring (bicyclic) bond motifs is 1. The minimum atomic E-state index is -0.970. The van der Waals surface area contributed by atoms with E-state index in [2.05, 4.69) is 0 Å². The molecule has 0 spiro atoms. The number of aromatic carboxylic acids is 1. The van der Waals surface area contributed by atoms with Gasteiger partial charge in [-0.15, -0.1) is 0 Å². The minimum absolute atomic E-state index is 0.210. The minimum Gasteiger partial charge on any atom is -0.489 e. The van der Waals surface area contributed by atoms with Crippen LogP contribution in [0.5, 0.6) is 17.2 Å². The molecule has 108 valence electrons. The van der Waals surface area contributed by atoms with Gasteiger partial charge in [0, 0.05) is 0 Å². The van der Waals surface area contributed by atoms with Crippen molar-refractivity contribution in [1.29, 1.82) is 0 Å². The number of carboxylic acids is 1. The van der Waals surface area contributed by atoms with Crippen LogP contribution in [0.25, 0.3) is 0 Å². The molecule has 1 N–H and O–H groups in total. The Kier molecular flexibility index (Phi) is 3.39. The van der Waals surface area contributed by atoms with Crippen LogP contribution in [0.4, 0.5) is 0 Å². The van der Waals surface area contributed by atoms with Gasteiger partial charge in [0.25, 0.3) is 0 Å². The number of carbonyl (C=O) groups is 1. The van der Waals surface area contributed by atoms with E-state index < -0.39 is 5.97 Å². The number of hydrogen-bond acceptors (Lipinski definition) is 4. The maximum atomic E-state index is 11.0. The van der Waals surface area contributed by atoms with E-state index in [0.29, 0.717) is 18.1 Å². The fourth-order valence-electron chi connectivity index (χ4n) is 2.08. The molecule has 0 aliphatic carbocycles. The average Bonchev–Trinajstić information content (AvgIpc) is 2.93. The second-order valence-corrected chi connectivity index (χ2v) is 4.76. The summed E-state index contributed by atoms with van der Waals surface area (Å²) in [6, 6.07) is 10.4. The van der Waals surface area contributed by atoms with Crippen LogP contribution in [-0.2, 0) is 6.61 Å². The lowest BCUT2D eigenvalue weighted by atomic mass is 10.1. The van der Waals surface area contributed by atoms with Crippen molar-refractivity contribution in [2.45, 2.75) is 13.5 Å². The fraction of sp³-hybridized carbons (Fsp3) is 0.188. The zero-order valence-corrected chi connectivity index (χ0v) is 11.5. The summed E-state index contributed by atoms with van der Waals surface area (Å²) >= 11 is 0. The van der Waals surface area contributed by atoms with E-state index in [1.54, 1.807) is 12.1 Å². The Balaban J connectivity index is 1.75. The third-order valence-corrected chi connectivity index (χ3v) is 3.27. The van der Waals surface area contributed by atoms with Crippen LogP contribution in [0.2, 0.25) is 0 Å². The SMILES string of the molecule is Cc1ccc(C(=O)O)cc1OCc1ccc2c(c1)OCO2. The molecule has 0 saturated heterocycles. The standard InChI is InChI=1S/C16H14O5/c1-10-2-4-12(16(17)18)7-14(10)19-8-11-3-5-13-15(6-11)21-9-20-13/h2-7H,8-9H2,1H3,(H,17,18). The number of hydrogen-bond donors (Lipinski definition) is 1. The monoisotopic (exact) mass is 286 g/mol. The molecule has 0 aromatic heterocycles. The molecule has 21 heavy (non-hydrogen) atoms. The predicted octanol–water partition coefficient (Wildman–Crippen LogP) is 3.00. The normalized spacial score (nSPS) is 12.2. The summed E-state index contributed by atoms with van der Waals surface area (Å²) in [5.74, 6) is 1.02. The molecule has 5 heteroatoms. The van der Waals surface area contributed by atoms with Crippen molar-refractivity contribution in [3.63, 3.8) is 0 Å². The average molecular weight is 286 g/mol. The van der Waals surface area contributed by atoms with Gasteiger partial charge < -0.3 is 19.3 Å². The van der Waals surface area contributed by atoms with Crippen LogP contribution in [0.3, 0.4) is 0 Å². The Morgan fingerprint density at radius 2 is 2.00 bits per heavy atom. The van der Waals surface area contributed by atoms with Crippen LogP contribution < -0.4 is 14.2 Å². The highest BCUT2D eigenvalue weighted by atomic mass is 16.7. The zero-order chi connectivity index (χ0) is 14.8. The van der Waals surface area contributed by atoms with Gasteiger partial charge in [-0.1, -0.05) is 12.1 Å². The molecule has 0 amide bonds.